The lowest BCUT2D eigenvalue weighted by atomic mass is 10.0. The Morgan fingerprint density at radius 2 is 0.956 bits per heavy atom. The van der Waals surface area contributed by atoms with Crippen molar-refractivity contribution in [1.29, 1.82) is 0 Å². The predicted molar refractivity (Wildman–Crippen MR) is 282 cm³/mol. The Labute approximate surface area is 417 Å². The van der Waals surface area contributed by atoms with E-state index in [2.05, 4.69) is 40.4 Å². The van der Waals surface area contributed by atoms with Crippen molar-refractivity contribution in [3.63, 3.8) is 0 Å². The van der Waals surface area contributed by atoms with Gasteiger partial charge in [-0.2, -0.15) is 0 Å². The van der Waals surface area contributed by atoms with Crippen LogP contribution in [0.1, 0.15) is 273 Å². The molecule has 0 bridgehead atoms. The maximum Gasteiger partial charge on any atom is 0.243 e. The fourth-order valence-electron chi connectivity index (χ4n) is 8.79. The lowest BCUT2D eigenvalue weighted by molar-refractivity contribution is -0.134. The average molecular weight is 966 g/mol. The van der Waals surface area contributed by atoms with Crippen molar-refractivity contribution in [2.75, 3.05) is 32.9 Å². The van der Waals surface area contributed by atoms with E-state index in [1.165, 1.54) is 180 Å². The third-order valence-corrected chi connectivity index (χ3v) is 13.1. The largest absolute Gasteiger partial charge is 0.395 e. The molecule has 2 atom stereocenters. The van der Waals surface area contributed by atoms with Crippen LogP contribution >= 0.6 is 0 Å². The molecule has 400 valence electrons. The SMILES string of the molecule is C.C.CCCCCCCCCCCCCCCCCCN(CCCCCCCCCCCCCCCCCC)C(=O)CCC(=O)NCNC(=O)C(CCC(=O)NCCO)NC(=O)C1CCC(=O)N1. The van der Waals surface area contributed by atoms with Crippen LogP contribution in [0.5, 0.6) is 0 Å². The van der Waals surface area contributed by atoms with Gasteiger partial charge in [0.15, 0.2) is 0 Å². The monoisotopic (exact) mass is 965 g/mol. The number of hydrogen-bond donors (Lipinski definition) is 6. The molecule has 0 aromatic carbocycles. The molecule has 68 heavy (non-hydrogen) atoms. The normalized spacial score (nSPS) is 13.5. The maximum absolute atomic E-state index is 13.5. The van der Waals surface area contributed by atoms with Crippen molar-refractivity contribution in [1.82, 2.24) is 31.5 Å². The highest BCUT2D eigenvalue weighted by Crippen LogP contribution is 2.17. The Kier molecular flexibility index (Phi) is 48.0. The zero-order chi connectivity index (χ0) is 48.1. The Bertz CT molecular complexity index is 1220. The first kappa shape index (κ1) is 66.9. The van der Waals surface area contributed by atoms with Gasteiger partial charge in [-0.05, 0) is 25.7 Å². The lowest BCUT2D eigenvalue weighted by Gasteiger charge is -2.23. The molecular formula is C55H108N6O7. The van der Waals surface area contributed by atoms with Gasteiger partial charge in [0.1, 0.15) is 12.1 Å². The van der Waals surface area contributed by atoms with Gasteiger partial charge < -0.3 is 36.6 Å². The molecule has 1 aliphatic rings. The second kappa shape index (κ2) is 48.8. The van der Waals surface area contributed by atoms with Crippen LogP contribution in [0.3, 0.4) is 0 Å². The molecule has 1 rings (SSSR count). The van der Waals surface area contributed by atoms with Gasteiger partial charge in [0, 0.05) is 45.3 Å². The summed E-state index contributed by atoms with van der Waals surface area (Å²) in [4.78, 5) is 78.0. The van der Waals surface area contributed by atoms with E-state index in [4.69, 9.17) is 5.11 Å². The number of nitrogens with one attached hydrogen (secondary N) is 5. The summed E-state index contributed by atoms with van der Waals surface area (Å²) in [5, 5.41) is 22.0. The molecule has 1 fully saturated rings. The Hall–Kier alpha value is -3.22. The molecular weight excluding hydrogens is 857 g/mol. The fourth-order valence-corrected chi connectivity index (χ4v) is 8.79. The third-order valence-electron chi connectivity index (χ3n) is 13.1. The zero-order valence-corrected chi connectivity index (χ0v) is 42.4. The molecule has 13 nitrogen and oxygen atoms in total. The minimum atomic E-state index is -1.09. The van der Waals surface area contributed by atoms with Crippen molar-refractivity contribution >= 4 is 35.4 Å². The van der Waals surface area contributed by atoms with Gasteiger partial charge in [0.05, 0.1) is 13.3 Å². The van der Waals surface area contributed by atoms with E-state index < -0.39 is 23.9 Å². The summed E-state index contributed by atoms with van der Waals surface area (Å²) in [7, 11) is 0. The summed E-state index contributed by atoms with van der Waals surface area (Å²) in [6.07, 6.45) is 42.1. The number of rotatable bonds is 47. The molecule has 6 N–H and O–H groups in total. The van der Waals surface area contributed by atoms with Crippen LogP contribution in [-0.4, -0.2) is 90.4 Å². The number of carbonyl (C=O) groups excluding carboxylic acids is 6. The van der Waals surface area contributed by atoms with Gasteiger partial charge in [0.25, 0.3) is 0 Å². The Morgan fingerprint density at radius 3 is 1.34 bits per heavy atom. The average Bonchev–Trinajstić information content (AvgIpc) is 3.76. The zero-order valence-electron chi connectivity index (χ0n) is 42.4. The first-order valence-corrected chi connectivity index (χ1v) is 27.5. The Balaban J connectivity index is 0. The summed E-state index contributed by atoms with van der Waals surface area (Å²) < 4.78 is 0. The van der Waals surface area contributed by atoms with E-state index in [1.807, 2.05) is 4.90 Å². The molecule has 2 unspecified atom stereocenters. The standard InChI is InChI=1S/C53H100N6O7.2CH4/c1-3-5-7-9-11-13-15-17-19-21-23-25-27-29-31-33-42-59(43-34-32-30-28-26-24-22-20-18-16-14-12-10-8-6-4-2)51(64)40-39-49(62)55-45-56-52(65)46(35-37-48(61)54-41-44-60)58-53(66)47-36-38-50(63)57-47;;/h46-47,60H,3-45H2,1-2H3,(H,54,61)(H,55,62)(H,56,65)(H,57,63)(H,58,66);2*1H4. The van der Waals surface area contributed by atoms with Crippen LogP contribution < -0.4 is 26.6 Å². The predicted octanol–water partition coefficient (Wildman–Crippen LogP) is 11.2. The summed E-state index contributed by atoms with van der Waals surface area (Å²) >= 11 is 0. The van der Waals surface area contributed by atoms with Crippen LogP contribution in [0, 0.1) is 0 Å². The molecule has 1 saturated heterocycles. The molecule has 0 spiro atoms. The molecule has 0 aromatic heterocycles. The first-order valence-electron chi connectivity index (χ1n) is 27.5. The van der Waals surface area contributed by atoms with Gasteiger partial charge in [-0.3, -0.25) is 28.8 Å². The van der Waals surface area contributed by atoms with Crippen molar-refractivity contribution in [2.45, 2.75) is 285 Å². The van der Waals surface area contributed by atoms with E-state index in [0.717, 1.165) is 25.7 Å². The third kappa shape index (κ3) is 39.6. The molecule has 1 aliphatic heterocycles. The minimum Gasteiger partial charge on any atom is -0.395 e. The van der Waals surface area contributed by atoms with Gasteiger partial charge in [-0.1, -0.05) is 221 Å². The smallest absolute Gasteiger partial charge is 0.243 e. The summed E-state index contributed by atoms with van der Waals surface area (Å²) in [6, 6.07) is -1.85. The number of nitrogens with zero attached hydrogens (tertiary/aromatic N) is 1. The number of carbonyl (C=O) groups is 6. The number of unbranched alkanes of at least 4 members (excludes halogenated alkanes) is 30. The lowest BCUT2D eigenvalue weighted by Crippen LogP contribution is -2.53. The van der Waals surface area contributed by atoms with Crippen molar-refractivity contribution in [3.05, 3.63) is 0 Å². The van der Waals surface area contributed by atoms with Gasteiger partial charge in [-0.25, -0.2) is 0 Å². The summed E-state index contributed by atoms with van der Waals surface area (Å²) in [5.74, 6) is -2.14. The van der Waals surface area contributed by atoms with E-state index in [1.54, 1.807) is 0 Å². The number of hydrogen-bond acceptors (Lipinski definition) is 7. The first-order chi connectivity index (χ1) is 32.2. The van der Waals surface area contributed by atoms with Crippen LogP contribution in [0.2, 0.25) is 0 Å². The summed E-state index contributed by atoms with van der Waals surface area (Å²) in [5.41, 5.74) is 0. The van der Waals surface area contributed by atoms with E-state index in [0.29, 0.717) is 19.5 Å². The number of amides is 6. The quantitative estimate of drug-likeness (QED) is 0.0259. The molecule has 0 radical (unpaired) electrons. The van der Waals surface area contributed by atoms with Gasteiger partial charge in [-0.15, -0.1) is 0 Å². The molecule has 1 heterocycles. The molecule has 13 heteroatoms. The van der Waals surface area contributed by atoms with Gasteiger partial charge >= 0.3 is 0 Å². The van der Waals surface area contributed by atoms with Crippen LogP contribution in [0.15, 0.2) is 0 Å². The second-order valence-corrected chi connectivity index (χ2v) is 19.1. The highest BCUT2D eigenvalue weighted by atomic mass is 16.3. The van der Waals surface area contributed by atoms with E-state index in [-0.39, 0.29) is 90.4 Å². The van der Waals surface area contributed by atoms with Crippen LogP contribution in [0.4, 0.5) is 0 Å². The maximum atomic E-state index is 13.5. The molecule has 0 saturated carbocycles. The number of aliphatic hydroxyl groups is 1. The van der Waals surface area contributed by atoms with Crippen molar-refractivity contribution < 1.29 is 33.9 Å². The van der Waals surface area contributed by atoms with Gasteiger partial charge in [0.2, 0.25) is 35.4 Å². The van der Waals surface area contributed by atoms with Crippen LogP contribution in [-0.2, 0) is 28.8 Å². The molecule has 0 aromatic rings. The van der Waals surface area contributed by atoms with E-state index >= 15 is 0 Å². The highest BCUT2D eigenvalue weighted by Gasteiger charge is 2.30. The fraction of sp³-hybridized carbons (Fsp3) is 0.891. The molecule has 0 aliphatic carbocycles. The Morgan fingerprint density at radius 1 is 0.559 bits per heavy atom. The van der Waals surface area contributed by atoms with Crippen LogP contribution in [0.25, 0.3) is 0 Å². The molecule has 6 amide bonds. The summed E-state index contributed by atoms with van der Waals surface area (Å²) in [6.45, 7) is 5.60. The van der Waals surface area contributed by atoms with Crippen molar-refractivity contribution in [3.8, 4) is 0 Å². The highest BCUT2D eigenvalue weighted by molar-refractivity contribution is 5.94. The number of aliphatic hydroxyl groups excluding tert-OH is 1. The minimum absolute atomic E-state index is 0. The topological polar surface area (TPSA) is 186 Å². The van der Waals surface area contributed by atoms with E-state index in [9.17, 15) is 28.8 Å². The van der Waals surface area contributed by atoms with Crippen molar-refractivity contribution in [2.24, 2.45) is 0 Å². The second-order valence-electron chi connectivity index (χ2n) is 19.1.